The Morgan fingerprint density at radius 2 is 1.88 bits per heavy atom. The van der Waals surface area contributed by atoms with Crippen LogP contribution in [0.1, 0.15) is 17.0 Å². The van der Waals surface area contributed by atoms with Crippen molar-refractivity contribution in [2.24, 2.45) is 4.99 Å². The molecule has 3 rings (SSSR count). The largest absolute Gasteiger partial charge is 0.281 e. The molecule has 0 amide bonds. The van der Waals surface area contributed by atoms with Crippen LogP contribution in [0.25, 0.3) is 0 Å². The lowest BCUT2D eigenvalue weighted by Gasteiger charge is -2.05. The molecule has 0 radical (unpaired) electrons. The van der Waals surface area contributed by atoms with E-state index < -0.39 is 4.92 Å². The summed E-state index contributed by atoms with van der Waals surface area (Å²) < 4.78 is 0. The summed E-state index contributed by atoms with van der Waals surface area (Å²) in [5.74, 6) is 0. The average Bonchev–Trinajstić information content (AvgIpc) is 2.93. The molecule has 3 aromatic rings. The lowest BCUT2D eigenvalue weighted by atomic mass is 10.2. The second-order valence-corrected chi connectivity index (χ2v) is 6.46. The highest BCUT2D eigenvalue weighted by Gasteiger charge is 2.12. The first-order chi connectivity index (χ1) is 12.1. The van der Waals surface area contributed by atoms with Crippen LogP contribution in [0.5, 0.6) is 0 Å². The SMILES string of the molecule is Cc1n[nH]c(C)c1Sc1ccccc1N=Cc1ccccc1[N+](=O)[O-]. The quantitative estimate of drug-likeness (QED) is 0.405. The van der Waals surface area contributed by atoms with Crippen molar-refractivity contribution in [1.82, 2.24) is 10.2 Å². The number of nitro groups is 1. The van der Waals surface area contributed by atoms with Gasteiger partial charge in [-0.25, -0.2) is 0 Å². The van der Waals surface area contributed by atoms with Crippen molar-refractivity contribution in [2.45, 2.75) is 23.6 Å². The first kappa shape index (κ1) is 16.9. The number of benzene rings is 2. The molecule has 0 aliphatic heterocycles. The summed E-state index contributed by atoms with van der Waals surface area (Å²) in [4.78, 5) is 17.2. The third-order valence-electron chi connectivity index (χ3n) is 3.61. The van der Waals surface area contributed by atoms with Gasteiger partial charge >= 0.3 is 0 Å². The molecular weight excluding hydrogens is 336 g/mol. The summed E-state index contributed by atoms with van der Waals surface area (Å²) in [5.41, 5.74) is 3.20. The molecule has 2 aromatic carbocycles. The predicted molar refractivity (Wildman–Crippen MR) is 99.0 cm³/mol. The van der Waals surface area contributed by atoms with Crippen molar-refractivity contribution in [3.63, 3.8) is 0 Å². The summed E-state index contributed by atoms with van der Waals surface area (Å²) in [7, 11) is 0. The number of aromatic nitrogens is 2. The first-order valence-corrected chi connectivity index (χ1v) is 8.44. The van der Waals surface area contributed by atoms with E-state index in [1.165, 1.54) is 12.3 Å². The van der Waals surface area contributed by atoms with Crippen LogP contribution in [0.3, 0.4) is 0 Å². The highest BCUT2D eigenvalue weighted by molar-refractivity contribution is 7.99. The van der Waals surface area contributed by atoms with Gasteiger partial charge in [0.05, 0.1) is 26.8 Å². The molecular formula is C18H16N4O2S. The Morgan fingerprint density at radius 3 is 2.60 bits per heavy atom. The maximum absolute atomic E-state index is 11.1. The Bertz CT molecular complexity index is 930. The second kappa shape index (κ2) is 7.31. The van der Waals surface area contributed by atoms with Gasteiger partial charge in [-0.3, -0.25) is 20.2 Å². The molecule has 0 aliphatic rings. The van der Waals surface area contributed by atoms with Crippen molar-refractivity contribution in [2.75, 3.05) is 0 Å². The van der Waals surface area contributed by atoms with Gasteiger partial charge in [0.15, 0.2) is 0 Å². The minimum absolute atomic E-state index is 0.0397. The number of aromatic amines is 1. The number of aliphatic imine (C=N–C) groups is 1. The van der Waals surface area contributed by atoms with Crippen LogP contribution in [-0.2, 0) is 0 Å². The van der Waals surface area contributed by atoms with Crippen LogP contribution in [0.15, 0.2) is 63.3 Å². The monoisotopic (exact) mass is 352 g/mol. The van der Waals surface area contributed by atoms with Gasteiger partial charge in [0.1, 0.15) is 0 Å². The number of para-hydroxylation sites is 2. The number of rotatable bonds is 5. The number of nitrogens with zero attached hydrogens (tertiary/aromatic N) is 3. The fraction of sp³-hybridized carbons (Fsp3) is 0.111. The van der Waals surface area contributed by atoms with Gasteiger partial charge in [-0.2, -0.15) is 5.10 Å². The minimum atomic E-state index is -0.403. The van der Waals surface area contributed by atoms with Crippen LogP contribution >= 0.6 is 11.8 Å². The van der Waals surface area contributed by atoms with Crippen LogP contribution in [0.2, 0.25) is 0 Å². The molecule has 0 saturated heterocycles. The van der Waals surface area contributed by atoms with E-state index in [0.717, 1.165) is 26.9 Å². The van der Waals surface area contributed by atoms with Crippen molar-refractivity contribution in [3.05, 3.63) is 75.6 Å². The highest BCUT2D eigenvalue weighted by Crippen LogP contribution is 2.37. The number of nitrogens with one attached hydrogen (secondary N) is 1. The molecule has 7 heteroatoms. The maximum Gasteiger partial charge on any atom is 0.278 e. The van der Waals surface area contributed by atoms with Gasteiger partial charge in [-0.1, -0.05) is 36.0 Å². The van der Waals surface area contributed by atoms with E-state index in [1.807, 2.05) is 38.1 Å². The molecule has 0 fully saturated rings. The predicted octanol–water partition coefficient (Wildman–Crippen LogP) is 4.84. The third kappa shape index (κ3) is 3.77. The van der Waals surface area contributed by atoms with Gasteiger partial charge in [0.2, 0.25) is 0 Å². The zero-order valence-electron chi connectivity index (χ0n) is 13.8. The molecule has 0 saturated carbocycles. The summed E-state index contributed by atoms with van der Waals surface area (Å²) in [6, 6.07) is 14.3. The number of hydrogen-bond donors (Lipinski definition) is 1. The molecule has 0 unspecified atom stereocenters. The number of nitro benzene ring substituents is 1. The summed E-state index contributed by atoms with van der Waals surface area (Å²) in [6.45, 7) is 3.92. The van der Waals surface area contributed by atoms with E-state index in [-0.39, 0.29) is 5.69 Å². The Morgan fingerprint density at radius 1 is 1.16 bits per heavy atom. The molecule has 6 nitrogen and oxygen atoms in total. The number of aryl methyl sites for hydroxylation is 2. The van der Waals surface area contributed by atoms with E-state index in [9.17, 15) is 10.1 Å². The van der Waals surface area contributed by atoms with Crippen LogP contribution in [0.4, 0.5) is 11.4 Å². The zero-order valence-corrected chi connectivity index (χ0v) is 14.6. The Labute approximate surface area is 149 Å². The average molecular weight is 352 g/mol. The van der Waals surface area contributed by atoms with Crippen molar-refractivity contribution in [1.29, 1.82) is 0 Å². The molecule has 0 aliphatic carbocycles. The van der Waals surface area contributed by atoms with Crippen LogP contribution < -0.4 is 0 Å². The van der Waals surface area contributed by atoms with Crippen molar-refractivity contribution >= 4 is 29.4 Å². The molecule has 0 atom stereocenters. The third-order valence-corrected chi connectivity index (χ3v) is 4.98. The normalized spacial score (nSPS) is 11.1. The lowest BCUT2D eigenvalue weighted by Crippen LogP contribution is -1.93. The van der Waals surface area contributed by atoms with E-state index in [4.69, 9.17) is 0 Å². The molecule has 1 heterocycles. The second-order valence-electron chi connectivity index (χ2n) is 5.41. The molecule has 126 valence electrons. The Balaban J connectivity index is 1.93. The Kier molecular flexibility index (Phi) is 4.95. The van der Waals surface area contributed by atoms with E-state index in [0.29, 0.717) is 5.56 Å². The number of H-pyrrole nitrogens is 1. The fourth-order valence-corrected chi connectivity index (χ4v) is 3.34. The van der Waals surface area contributed by atoms with E-state index in [1.54, 1.807) is 30.0 Å². The van der Waals surface area contributed by atoms with Crippen molar-refractivity contribution < 1.29 is 4.92 Å². The minimum Gasteiger partial charge on any atom is -0.281 e. The summed E-state index contributed by atoms with van der Waals surface area (Å²) in [5, 5.41) is 18.3. The van der Waals surface area contributed by atoms with Crippen molar-refractivity contribution in [3.8, 4) is 0 Å². The summed E-state index contributed by atoms with van der Waals surface area (Å²) >= 11 is 1.58. The molecule has 0 bridgehead atoms. The molecule has 1 N–H and O–H groups in total. The van der Waals surface area contributed by atoms with Crippen LogP contribution in [-0.4, -0.2) is 21.3 Å². The highest BCUT2D eigenvalue weighted by atomic mass is 32.2. The molecule has 1 aromatic heterocycles. The van der Waals surface area contributed by atoms with E-state index >= 15 is 0 Å². The molecule has 0 spiro atoms. The summed E-state index contributed by atoms with van der Waals surface area (Å²) in [6.07, 6.45) is 1.53. The van der Waals surface area contributed by atoms with Gasteiger partial charge in [0, 0.05) is 22.9 Å². The smallest absolute Gasteiger partial charge is 0.278 e. The van der Waals surface area contributed by atoms with Gasteiger partial charge in [-0.15, -0.1) is 0 Å². The van der Waals surface area contributed by atoms with Gasteiger partial charge in [-0.05, 0) is 32.0 Å². The first-order valence-electron chi connectivity index (χ1n) is 7.62. The van der Waals surface area contributed by atoms with Gasteiger partial charge < -0.3 is 0 Å². The topological polar surface area (TPSA) is 84.2 Å². The number of hydrogen-bond acceptors (Lipinski definition) is 5. The molecule has 25 heavy (non-hydrogen) atoms. The lowest BCUT2D eigenvalue weighted by molar-refractivity contribution is -0.385. The maximum atomic E-state index is 11.1. The Hall–Kier alpha value is -2.93. The standard InChI is InChI=1S/C18H16N4O2S/c1-12-18(13(2)21-20-12)25-17-10-6-4-8-15(17)19-11-14-7-3-5-9-16(14)22(23)24/h3-11H,1-2H3,(H,20,21). The van der Waals surface area contributed by atoms with Gasteiger partial charge in [0.25, 0.3) is 5.69 Å². The fourth-order valence-electron chi connectivity index (χ4n) is 2.35. The van der Waals surface area contributed by atoms with Crippen LogP contribution in [0, 0.1) is 24.0 Å². The zero-order chi connectivity index (χ0) is 17.8. The van der Waals surface area contributed by atoms with E-state index in [2.05, 4.69) is 15.2 Å².